The van der Waals surface area contributed by atoms with Crippen molar-refractivity contribution < 1.29 is 19.1 Å². The van der Waals surface area contributed by atoms with Gasteiger partial charge in [0.15, 0.2) is 0 Å². The van der Waals surface area contributed by atoms with Crippen LogP contribution < -0.4 is 0 Å². The number of rotatable bonds is 8. The van der Waals surface area contributed by atoms with Crippen LogP contribution in [0.15, 0.2) is 29.2 Å². The summed E-state index contributed by atoms with van der Waals surface area (Å²) in [5, 5.41) is -0.393. The summed E-state index contributed by atoms with van der Waals surface area (Å²) >= 11 is 1.33. The molecule has 0 radical (unpaired) electrons. The Hall–Kier alpha value is -2.02. The highest BCUT2D eigenvalue weighted by Crippen LogP contribution is 2.29. The van der Waals surface area contributed by atoms with Gasteiger partial charge in [0, 0.05) is 37.5 Å². The molecule has 1 unspecified atom stereocenters. The van der Waals surface area contributed by atoms with Crippen LogP contribution in [0.1, 0.15) is 49.9 Å². The van der Waals surface area contributed by atoms with Crippen molar-refractivity contribution in [3.05, 3.63) is 29.8 Å². The first kappa shape index (κ1) is 23.3. The quantitative estimate of drug-likeness (QED) is 0.476. The third-order valence-corrected chi connectivity index (χ3v) is 6.46. The number of hydrogen-bond acceptors (Lipinski definition) is 5. The van der Waals surface area contributed by atoms with E-state index in [1.54, 1.807) is 13.0 Å². The second kappa shape index (κ2) is 11.2. The molecule has 0 saturated carbocycles. The summed E-state index contributed by atoms with van der Waals surface area (Å²) in [6.07, 6.45) is 3.46. The highest BCUT2D eigenvalue weighted by atomic mass is 32.2. The predicted octanol–water partition coefficient (Wildman–Crippen LogP) is 3.45. The van der Waals surface area contributed by atoms with Gasteiger partial charge < -0.3 is 14.5 Å². The molecule has 6 nitrogen and oxygen atoms in total. The minimum absolute atomic E-state index is 0.00938. The lowest BCUT2D eigenvalue weighted by Gasteiger charge is -2.33. The monoisotopic (exact) mass is 420 g/mol. The zero-order valence-electron chi connectivity index (χ0n) is 17.8. The van der Waals surface area contributed by atoms with Crippen LogP contribution in [0.25, 0.3) is 0 Å². The summed E-state index contributed by atoms with van der Waals surface area (Å²) < 4.78 is 4.79. The average molecular weight is 421 g/mol. The Labute approximate surface area is 178 Å². The predicted molar refractivity (Wildman–Crippen MR) is 115 cm³/mol. The Morgan fingerprint density at radius 2 is 1.90 bits per heavy atom. The molecule has 0 spiro atoms. The number of unbranched alkanes of at least 4 members (excludes halogenated alkanes) is 1. The van der Waals surface area contributed by atoms with Gasteiger partial charge in [0.1, 0.15) is 5.25 Å². The van der Waals surface area contributed by atoms with Crippen LogP contribution in [0.2, 0.25) is 0 Å². The van der Waals surface area contributed by atoms with Gasteiger partial charge in [-0.2, -0.15) is 0 Å². The minimum Gasteiger partial charge on any atom is -0.468 e. The van der Waals surface area contributed by atoms with Crippen LogP contribution >= 0.6 is 11.8 Å². The Kier molecular flexibility index (Phi) is 9.01. The lowest BCUT2D eigenvalue weighted by Crippen LogP contribution is -2.43. The summed E-state index contributed by atoms with van der Waals surface area (Å²) in [5.74, 6) is -0.183. The van der Waals surface area contributed by atoms with E-state index in [4.69, 9.17) is 4.74 Å². The SMILES string of the molecule is CCCCN(C)C(=O)C1CCN(C(=O)c2ccccc2SC(C)C(=O)OC)CC1. The molecular formula is C22H32N2O4S. The molecule has 1 heterocycles. The molecule has 0 aromatic heterocycles. The van der Waals surface area contributed by atoms with Gasteiger partial charge in [-0.05, 0) is 38.3 Å². The van der Waals surface area contributed by atoms with Crippen LogP contribution in [0, 0.1) is 5.92 Å². The first-order valence-corrected chi connectivity index (χ1v) is 11.1. The molecule has 1 saturated heterocycles. The summed E-state index contributed by atoms with van der Waals surface area (Å²) in [6.45, 7) is 5.82. The van der Waals surface area contributed by atoms with Gasteiger partial charge >= 0.3 is 5.97 Å². The molecule has 29 heavy (non-hydrogen) atoms. The number of hydrogen-bond donors (Lipinski definition) is 0. The number of amides is 2. The lowest BCUT2D eigenvalue weighted by atomic mass is 9.94. The molecule has 0 N–H and O–H groups in total. The number of carbonyl (C=O) groups excluding carboxylic acids is 3. The number of ether oxygens (including phenoxy) is 1. The summed E-state index contributed by atoms with van der Waals surface area (Å²) in [5.41, 5.74) is 0.595. The summed E-state index contributed by atoms with van der Waals surface area (Å²) in [6, 6.07) is 7.35. The van der Waals surface area contributed by atoms with E-state index in [1.165, 1.54) is 18.9 Å². The molecule has 0 aliphatic carbocycles. The number of thioether (sulfide) groups is 1. The van der Waals surface area contributed by atoms with Crippen molar-refractivity contribution in [2.75, 3.05) is 33.8 Å². The molecule has 1 aromatic carbocycles. The molecule has 1 aliphatic heterocycles. The molecule has 1 atom stereocenters. The van der Waals surface area contributed by atoms with E-state index in [1.807, 2.05) is 35.0 Å². The molecule has 2 amide bonds. The number of methoxy groups -OCH3 is 1. The van der Waals surface area contributed by atoms with Gasteiger partial charge in [-0.3, -0.25) is 14.4 Å². The van der Waals surface area contributed by atoms with Gasteiger partial charge in [-0.1, -0.05) is 25.5 Å². The number of benzene rings is 1. The van der Waals surface area contributed by atoms with E-state index in [2.05, 4.69) is 6.92 Å². The third-order valence-electron chi connectivity index (χ3n) is 5.31. The first-order chi connectivity index (χ1) is 13.9. The van der Waals surface area contributed by atoms with E-state index in [9.17, 15) is 14.4 Å². The molecule has 1 aliphatic rings. The fourth-order valence-corrected chi connectivity index (χ4v) is 4.48. The lowest BCUT2D eigenvalue weighted by molar-refractivity contribution is -0.139. The molecule has 160 valence electrons. The fraction of sp³-hybridized carbons (Fsp3) is 0.591. The maximum Gasteiger partial charge on any atom is 0.318 e. The molecule has 1 fully saturated rings. The third kappa shape index (κ3) is 6.23. The Balaban J connectivity index is 1.99. The van der Waals surface area contributed by atoms with Crippen molar-refractivity contribution in [1.82, 2.24) is 9.80 Å². The zero-order chi connectivity index (χ0) is 21.4. The van der Waals surface area contributed by atoms with Gasteiger partial charge in [-0.15, -0.1) is 11.8 Å². The van der Waals surface area contributed by atoms with Crippen molar-refractivity contribution in [3.63, 3.8) is 0 Å². The van der Waals surface area contributed by atoms with E-state index in [-0.39, 0.29) is 23.7 Å². The summed E-state index contributed by atoms with van der Waals surface area (Å²) in [4.78, 5) is 41.8. The maximum absolute atomic E-state index is 13.1. The fourth-order valence-electron chi connectivity index (χ4n) is 3.47. The normalized spacial score (nSPS) is 15.7. The van der Waals surface area contributed by atoms with Crippen molar-refractivity contribution >= 4 is 29.5 Å². The highest BCUT2D eigenvalue weighted by Gasteiger charge is 2.30. The zero-order valence-corrected chi connectivity index (χ0v) is 18.7. The number of piperidine rings is 1. The van der Waals surface area contributed by atoms with E-state index in [0.29, 0.717) is 31.5 Å². The number of nitrogens with zero attached hydrogens (tertiary/aromatic N) is 2. The van der Waals surface area contributed by atoms with Crippen LogP contribution in [0.4, 0.5) is 0 Å². The standard InChI is InChI=1S/C22H32N2O4S/c1-5-6-13-23(3)20(25)17-11-14-24(15-12-17)21(26)18-9-7-8-10-19(18)29-16(2)22(27)28-4/h7-10,16-17H,5-6,11-15H2,1-4H3. The van der Waals surface area contributed by atoms with Crippen molar-refractivity contribution in [2.24, 2.45) is 5.92 Å². The van der Waals surface area contributed by atoms with Crippen LogP contribution in [0.3, 0.4) is 0 Å². The number of carbonyl (C=O) groups is 3. The van der Waals surface area contributed by atoms with Crippen LogP contribution in [-0.2, 0) is 14.3 Å². The van der Waals surface area contributed by atoms with E-state index >= 15 is 0 Å². The van der Waals surface area contributed by atoms with E-state index < -0.39 is 5.25 Å². The second-order valence-corrected chi connectivity index (χ2v) is 8.84. The summed E-state index contributed by atoms with van der Waals surface area (Å²) in [7, 11) is 3.23. The van der Waals surface area contributed by atoms with Crippen molar-refractivity contribution in [3.8, 4) is 0 Å². The van der Waals surface area contributed by atoms with Gasteiger partial charge in [0.2, 0.25) is 5.91 Å². The first-order valence-electron chi connectivity index (χ1n) is 10.3. The Bertz CT molecular complexity index is 717. The molecule has 0 bridgehead atoms. The van der Waals surface area contributed by atoms with Crippen molar-refractivity contribution in [2.45, 2.75) is 49.7 Å². The van der Waals surface area contributed by atoms with Crippen molar-refractivity contribution in [1.29, 1.82) is 0 Å². The van der Waals surface area contributed by atoms with Gasteiger partial charge in [0.25, 0.3) is 5.91 Å². The molecule has 7 heteroatoms. The van der Waals surface area contributed by atoms with E-state index in [0.717, 1.165) is 24.3 Å². The minimum atomic E-state index is -0.393. The highest BCUT2D eigenvalue weighted by molar-refractivity contribution is 8.00. The Morgan fingerprint density at radius 3 is 2.52 bits per heavy atom. The molecular weight excluding hydrogens is 388 g/mol. The van der Waals surface area contributed by atoms with Crippen LogP contribution in [0.5, 0.6) is 0 Å². The second-order valence-electron chi connectivity index (χ2n) is 7.46. The average Bonchev–Trinajstić information content (AvgIpc) is 2.76. The van der Waals surface area contributed by atoms with Gasteiger partial charge in [-0.25, -0.2) is 0 Å². The smallest absolute Gasteiger partial charge is 0.318 e. The van der Waals surface area contributed by atoms with Crippen LogP contribution in [-0.4, -0.2) is 66.6 Å². The van der Waals surface area contributed by atoms with Gasteiger partial charge in [0.05, 0.1) is 12.7 Å². The Morgan fingerprint density at radius 1 is 1.24 bits per heavy atom. The largest absolute Gasteiger partial charge is 0.468 e. The number of likely N-dealkylation sites (tertiary alicyclic amines) is 1. The topological polar surface area (TPSA) is 66.9 Å². The molecule has 2 rings (SSSR count). The number of esters is 1. The maximum atomic E-state index is 13.1. The molecule has 1 aromatic rings.